The molecule has 2 aliphatic rings. The van der Waals surface area contributed by atoms with E-state index in [4.69, 9.17) is 48.5 Å². The highest BCUT2D eigenvalue weighted by atomic mass is 31.2. The van der Waals surface area contributed by atoms with E-state index >= 15 is 0 Å². The molecule has 0 spiro atoms. The van der Waals surface area contributed by atoms with Crippen molar-refractivity contribution < 1.29 is 76.2 Å². The second kappa shape index (κ2) is 28.2. The van der Waals surface area contributed by atoms with Crippen LogP contribution in [0.15, 0.2) is 97.6 Å². The molecule has 84 heavy (non-hydrogen) atoms. The standard InChI is InChI=1S/2C27H35N6O8P/c2*1-4-18(5-2)13-38-26(36)17(3)32-42(37,41-19-9-7-6-8-10-19)39-14-21-23(34)24(35)27(15-28,40-21)22-12-11-20-25(29)30-16-31-33(20)22/h2*6-12,16-18,21,23-24,34-35H,4-5,13-14H2,1-3H3,(H,32,37)(H2,29,30,31)/t17-,21+,23+,24+,27-,42+;17-,21+,23+,24+,27-,42-/m00/s1. The van der Waals surface area contributed by atoms with Gasteiger partial charge in [-0.1, -0.05) is 89.8 Å². The van der Waals surface area contributed by atoms with Crippen molar-refractivity contribution >= 4 is 50.1 Å². The first-order chi connectivity index (χ1) is 40.1. The van der Waals surface area contributed by atoms with Gasteiger partial charge in [0, 0.05) is 0 Å². The maximum atomic E-state index is 13.9. The van der Waals surface area contributed by atoms with Gasteiger partial charge in [0.2, 0.25) is 11.2 Å². The van der Waals surface area contributed by atoms with Crippen molar-refractivity contribution in [1.82, 2.24) is 39.4 Å². The third kappa shape index (κ3) is 14.3. The van der Waals surface area contributed by atoms with Crippen LogP contribution >= 0.6 is 15.5 Å². The smallest absolute Gasteiger partial charge is 0.459 e. The lowest BCUT2D eigenvalue weighted by atomic mass is 9.92. The second-order valence-corrected chi connectivity index (χ2v) is 23.3. The van der Waals surface area contributed by atoms with Gasteiger partial charge in [-0.3, -0.25) is 18.6 Å². The number of hydrogen-bond donors (Lipinski definition) is 8. The molecule has 6 aromatic rings. The minimum atomic E-state index is -4.32. The molecule has 2 fully saturated rings. The average Bonchev–Trinajstić information content (AvgIpc) is 2.27. The number of nitrogens with two attached hydrogens (primary N) is 2. The predicted octanol–water partition coefficient (Wildman–Crippen LogP) is 4.62. The van der Waals surface area contributed by atoms with Crippen LogP contribution in [0, 0.1) is 34.5 Å². The normalized spacial score (nSPS) is 24.3. The number of nitrogen functional groups attached to an aromatic ring is 2. The molecule has 28 nitrogen and oxygen atoms in total. The Hall–Kier alpha value is -7.14. The average molecular weight is 1210 g/mol. The number of fused-ring (bicyclic) bond motifs is 2. The van der Waals surface area contributed by atoms with Crippen molar-refractivity contribution in [1.29, 1.82) is 10.5 Å². The highest BCUT2D eigenvalue weighted by Crippen LogP contribution is 2.49. The molecule has 12 atom stereocenters. The first-order valence-electron chi connectivity index (χ1n) is 27.1. The lowest BCUT2D eigenvalue weighted by Crippen LogP contribution is -2.41. The highest BCUT2D eigenvalue weighted by molar-refractivity contribution is 7.52. The Morgan fingerprint density at radius 2 is 0.988 bits per heavy atom. The molecule has 0 aliphatic carbocycles. The van der Waals surface area contributed by atoms with Crippen LogP contribution in [0.2, 0.25) is 0 Å². The van der Waals surface area contributed by atoms with E-state index in [1.54, 1.807) is 72.8 Å². The predicted molar refractivity (Wildman–Crippen MR) is 300 cm³/mol. The minimum absolute atomic E-state index is 0.0961. The van der Waals surface area contributed by atoms with Gasteiger partial charge in [0.15, 0.2) is 11.6 Å². The van der Waals surface area contributed by atoms with Gasteiger partial charge in [-0.2, -0.15) is 30.9 Å². The topological polar surface area (TPSA) is 407 Å². The summed E-state index contributed by atoms with van der Waals surface area (Å²) in [6, 6.07) is 24.0. The number of carbonyl (C=O) groups is 2. The number of anilines is 2. The lowest BCUT2D eigenvalue weighted by Gasteiger charge is -2.25. The van der Waals surface area contributed by atoms with Crippen LogP contribution in [0.1, 0.15) is 78.6 Å². The quantitative estimate of drug-likeness (QED) is 0.0271. The Morgan fingerprint density at radius 1 is 0.631 bits per heavy atom. The molecule has 2 aliphatic heterocycles. The van der Waals surface area contributed by atoms with Crippen molar-refractivity contribution in [3.63, 3.8) is 0 Å². The van der Waals surface area contributed by atoms with E-state index in [1.165, 1.54) is 47.7 Å². The van der Waals surface area contributed by atoms with Crippen LogP contribution in [0.3, 0.4) is 0 Å². The number of hydrogen-bond acceptors (Lipinski definition) is 24. The number of benzene rings is 2. The van der Waals surface area contributed by atoms with Crippen LogP contribution < -0.4 is 30.7 Å². The van der Waals surface area contributed by atoms with Crippen molar-refractivity contribution in [2.24, 2.45) is 11.8 Å². The zero-order valence-corrected chi connectivity index (χ0v) is 48.8. The van der Waals surface area contributed by atoms with E-state index in [0.29, 0.717) is 11.0 Å². The zero-order valence-electron chi connectivity index (χ0n) is 47.0. The Morgan fingerprint density at radius 3 is 1.32 bits per heavy atom. The summed E-state index contributed by atoms with van der Waals surface area (Å²) in [5, 5.41) is 77.3. The lowest BCUT2D eigenvalue weighted by molar-refractivity contribution is -0.147. The fourth-order valence-corrected chi connectivity index (χ4v) is 12.1. The third-order valence-electron chi connectivity index (χ3n) is 14.4. The number of para-hydroxylation sites is 2. The Balaban J connectivity index is 0.000000241. The fraction of sp³-hybridized carbons (Fsp3) is 0.481. The number of esters is 2. The largest absolute Gasteiger partial charge is 0.464 e. The van der Waals surface area contributed by atoms with Gasteiger partial charge in [-0.05, 0) is 74.2 Å². The van der Waals surface area contributed by atoms with E-state index < -0.39 is 101 Å². The molecular weight excluding hydrogens is 1130 g/mol. The Kier molecular flexibility index (Phi) is 21.6. The molecule has 30 heteroatoms. The maximum Gasteiger partial charge on any atom is 0.459 e. The molecular formula is C54H70N12O16P2. The second-order valence-electron chi connectivity index (χ2n) is 19.9. The monoisotopic (exact) mass is 1200 g/mol. The summed E-state index contributed by atoms with van der Waals surface area (Å²) in [4.78, 5) is 33.2. The van der Waals surface area contributed by atoms with Gasteiger partial charge in [0.05, 0.1) is 37.8 Å². The Labute approximate surface area is 484 Å². The summed E-state index contributed by atoms with van der Waals surface area (Å²) >= 11 is 0. The fourth-order valence-electron chi connectivity index (χ4n) is 9.14. The van der Waals surface area contributed by atoms with Gasteiger partial charge >= 0.3 is 27.4 Å². The Bertz CT molecular complexity index is 3140. The van der Waals surface area contributed by atoms with Gasteiger partial charge in [-0.25, -0.2) is 28.1 Å². The number of carbonyl (C=O) groups excluding carboxylic acids is 2. The molecule has 0 bridgehead atoms. The maximum absolute atomic E-state index is 13.9. The van der Waals surface area contributed by atoms with Crippen LogP contribution in [0.25, 0.3) is 11.0 Å². The van der Waals surface area contributed by atoms with E-state index in [1.807, 2.05) is 39.8 Å². The van der Waals surface area contributed by atoms with Crippen molar-refractivity contribution in [3.8, 4) is 23.6 Å². The number of aliphatic hydroxyl groups excluding tert-OH is 4. The number of nitriles is 2. The first-order valence-corrected chi connectivity index (χ1v) is 30.2. The SMILES string of the molecule is CCC(CC)COC(=O)[C@H](C)N[P@@](=O)(OC[C@H]1O[C@@](C#N)(c2ccc3c(N)ncnn23)[C@H](O)[C@@H]1O)Oc1ccccc1.CCC(CC)COC(=O)[C@H](C)N[P@](=O)(OC[C@H]1O[C@@](C#N)(c2ccc3c(N)ncnn23)[C@H](O)[C@@H]1O)Oc1ccccc1. The molecule has 0 amide bonds. The summed E-state index contributed by atoms with van der Waals surface area (Å²) in [7, 11) is -8.63. The van der Waals surface area contributed by atoms with Crippen LogP contribution in [-0.2, 0) is 57.9 Å². The summed E-state index contributed by atoms with van der Waals surface area (Å²) in [6.45, 7) is 10.2. The molecule has 0 saturated carbocycles. The minimum Gasteiger partial charge on any atom is -0.464 e. The number of aromatic nitrogens is 6. The van der Waals surface area contributed by atoms with Crippen molar-refractivity contribution in [2.45, 2.75) is 127 Å². The summed E-state index contributed by atoms with van der Waals surface area (Å²) in [5.41, 5.74) is 8.56. The van der Waals surface area contributed by atoms with E-state index in [2.05, 4.69) is 30.3 Å². The molecule has 6 heterocycles. The van der Waals surface area contributed by atoms with Gasteiger partial charge < -0.3 is 59.9 Å². The van der Waals surface area contributed by atoms with Gasteiger partial charge in [0.25, 0.3) is 0 Å². The first kappa shape index (κ1) is 64.4. The molecule has 0 radical (unpaired) electrons. The van der Waals surface area contributed by atoms with Crippen molar-refractivity contribution in [3.05, 3.63) is 109 Å². The van der Waals surface area contributed by atoms with Crippen LogP contribution in [0.4, 0.5) is 11.6 Å². The highest BCUT2D eigenvalue weighted by Gasteiger charge is 2.59. The summed E-state index contributed by atoms with van der Waals surface area (Å²) in [5.74, 6) is -0.287. The van der Waals surface area contributed by atoms with Gasteiger partial charge in [0.1, 0.15) is 96.0 Å². The number of nitrogens with zero attached hydrogens (tertiary/aromatic N) is 8. The number of rotatable bonds is 26. The summed E-state index contributed by atoms with van der Waals surface area (Å²) < 4.78 is 75.5. The molecule has 10 N–H and O–H groups in total. The van der Waals surface area contributed by atoms with Crippen LogP contribution in [0.5, 0.6) is 11.5 Å². The number of ether oxygens (including phenoxy) is 4. The van der Waals surface area contributed by atoms with E-state index in [9.17, 15) is 49.7 Å². The molecule has 2 saturated heterocycles. The third-order valence-corrected chi connectivity index (χ3v) is 17.7. The number of aliphatic hydroxyl groups is 4. The molecule has 2 aromatic carbocycles. The summed E-state index contributed by atoms with van der Waals surface area (Å²) in [6.07, 6.45) is -3.74. The number of nitrogens with one attached hydrogen (secondary N) is 2. The molecule has 0 unspecified atom stereocenters. The molecule has 4 aromatic heterocycles. The van der Waals surface area contributed by atoms with Crippen molar-refractivity contribution in [2.75, 3.05) is 37.9 Å². The molecule has 8 rings (SSSR count). The van der Waals surface area contributed by atoms with E-state index in [0.717, 1.165) is 25.7 Å². The van der Waals surface area contributed by atoms with Crippen LogP contribution in [-0.4, -0.2) is 137 Å². The van der Waals surface area contributed by atoms with E-state index in [-0.39, 0.29) is 59.6 Å². The van der Waals surface area contributed by atoms with Gasteiger partial charge in [-0.15, -0.1) is 0 Å². The molecule has 452 valence electrons. The zero-order chi connectivity index (χ0) is 61.0.